The van der Waals surface area contributed by atoms with Gasteiger partial charge in [-0.1, -0.05) is 70.2 Å². The first-order valence-electron chi connectivity index (χ1n) is 13.6. The number of allylic oxidation sites excluding steroid dienone is 1. The van der Waals surface area contributed by atoms with Crippen LogP contribution in [0.1, 0.15) is 51.9 Å². The summed E-state index contributed by atoms with van der Waals surface area (Å²) in [4.78, 5) is 13.3. The molecular weight excluding hydrogens is 464 g/mol. The van der Waals surface area contributed by atoms with Gasteiger partial charge in [-0.3, -0.25) is 4.98 Å². The van der Waals surface area contributed by atoms with E-state index in [0.717, 1.165) is 45.1 Å². The number of nitrogens with zero attached hydrogens (tertiary/aromatic N) is 2. The Balaban J connectivity index is 1.45. The van der Waals surface area contributed by atoms with Crippen molar-refractivity contribution in [1.82, 2.24) is 20.3 Å². The van der Waals surface area contributed by atoms with Gasteiger partial charge in [-0.2, -0.15) is 0 Å². The zero-order valence-corrected chi connectivity index (χ0v) is 22.8. The van der Waals surface area contributed by atoms with Gasteiger partial charge in [0.1, 0.15) is 5.82 Å². The molecule has 190 valence electrons. The molecular formula is C34H34N4. The Hall–Kier alpha value is -4.18. The average Bonchev–Trinajstić information content (AvgIpc) is 3.39. The van der Waals surface area contributed by atoms with Crippen molar-refractivity contribution in [3.63, 3.8) is 0 Å². The van der Waals surface area contributed by atoms with E-state index in [4.69, 9.17) is 9.97 Å². The van der Waals surface area contributed by atoms with Crippen LogP contribution in [0.4, 0.5) is 0 Å². The number of benzene rings is 4. The SMILES string of the molecule is C/C=C(\NCC(C)C)c1ccc2cc(-c3ccc4c(c3)c3ncccc3c3nc(C(C)C)[nH]c43)ccc2c1. The number of pyridine rings is 1. The summed E-state index contributed by atoms with van der Waals surface area (Å²) in [6.07, 6.45) is 4.03. The molecule has 4 aromatic carbocycles. The van der Waals surface area contributed by atoms with E-state index in [-0.39, 0.29) is 0 Å². The zero-order valence-electron chi connectivity index (χ0n) is 22.8. The van der Waals surface area contributed by atoms with Crippen LogP contribution in [0.3, 0.4) is 0 Å². The lowest BCUT2D eigenvalue weighted by Gasteiger charge is -2.14. The second-order valence-corrected chi connectivity index (χ2v) is 10.9. The van der Waals surface area contributed by atoms with Crippen LogP contribution < -0.4 is 5.32 Å². The third-order valence-corrected chi connectivity index (χ3v) is 7.35. The Labute approximate surface area is 223 Å². The van der Waals surface area contributed by atoms with Crippen molar-refractivity contribution >= 4 is 49.2 Å². The van der Waals surface area contributed by atoms with E-state index in [1.54, 1.807) is 0 Å². The molecule has 38 heavy (non-hydrogen) atoms. The summed E-state index contributed by atoms with van der Waals surface area (Å²) in [5.41, 5.74) is 7.89. The summed E-state index contributed by atoms with van der Waals surface area (Å²) in [7, 11) is 0. The minimum Gasteiger partial charge on any atom is -0.385 e. The standard InChI is InChI=1S/C34H34N4/c1-6-30(36-19-20(2)3)26-12-11-22-16-23(9-10-24(22)17-26)25-13-14-27-29(18-25)31-28(8-7-15-35-31)33-32(27)37-34(38-33)21(4)5/h6-18,20-21,36H,19H2,1-5H3,(H,37,38)/b30-6-. The minimum atomic E-state index is 0.330. The average molecular weight is 499 g/mol. The fourth-order valence-electron chi connectivity index (χ4n) is 5.28. The fourth-order valence-corrected chi connectivity index (χ4v) is 5.28. The molecule has 6 rings (SSSR count). The highest BCUT2D eigenvalue weighted by Crippen LogP contribution is 2.36. The molecule has 0 spiro atoms. The highest BCUT2D eigenvalue weighted by atomic mass is 14.9. The lowest BCUT2D eigenvalue weighted by atomic mass is 9.96. The third kappa shape index (κ3) is 4.20. The zero-order chi connectivity index (χ0) is 26.4. The van der Waals surface area contributed by atoms with Crippen molar-refractivity contribution in [3.05, 3.63) is 90.4 Å². The minimum absolute atomic E-state index is 0.330. The molecule has 2 N–H and O–H groups in total. The molecule has 0 aliphatic carbocycles. The van der Waals surface area contributed by atoms with Gasteiger partial charge in [0.25, 0.3) is 0 Å². The Morgan fingerprint density at radius 2 is 1.61 bits per heavy atom. The number of hydrogen-bond donors (Lipinski definition) is 2. The summed E-state index contributed by atoms with van der Waals surface area (Å²) in [6.45, 7) is 11.9. The molecule has 4 heteroatoms. The highest BCUT2D eigenvalue weighted by Gasteiger charge is 2.16. The molecule has 0 saturated carbocycles. The number of imidazole rings is 1. The van der Waals surface area contributed by atoms with Crippen molar-refractivity contribution in [1.29, 1.82) is 0 Å². The van der Waals surface area contributed by atoms with Crippen molar-refractivity contribution in [2.24, 2.45) is 5.92 Å². The highest BCUT2D eigenvalue weighted by molar-refractivity contribution is 6.22. The maximum Gasteiger partial charge on any atom is 0.109 e. The van der Waals surface area contributed by atoms with Gasteiger partial charge in [-0.15, -0.1) is 0 Å². The van der Waals surface area contributed by atoms with Crippen molar-refractivity contribution in [3.8, 4) is 11.1 Å². The smallest absolute Gasteiger partial charge is 0.109 e. The summed E-state index contributed by atoms with van der Waals surface area (Å²) in [5.74, 6) is 1.94. The molecule has 2 aromatic heterocycles. The monoisotopic (exact) mass is 498 g/mol. The topological polar surface area (TPSA) is 53.6 Å². The Bertz CT molecular complexity index is 1840. The molecule has 0 unspecified atom stereocenters. The van der Waals surface area contributed by atoms with E-state index < -0.39 is 0 Å². The van der Waals surface area contributed by atoms with E-state index in [9.17, 15) is 0 Å². The summed E-state index contributed by atoms with van der Waals surface area (Å²) >= 11 is 0. The molecule has 6 aromatic rings. The van der Waals surface area contributed by atoms with Gasteiger partial charge in [0.2, 0.25) is 0 Å². The molecule has 0 amide bonds. The first-order valence-corrected chi connectivity index (χ1v) is 13.6. The van der Waals surface area contributed by atoms with Gasteiger partial charge in [0, 0.05) is 40.5 Å². The van der Waals surface area contributed by atoms with Crippen molar-refractivity contribution in [2.75, 3.05) is 6.54 Å². The molecule has 0 atom stereocenters. The summed E-state index contributed by atoms with van der Waals surface area (Å²) < 4.78 is 0. The molecule has 4 nitrogen and oxygen atoms in total. The number of aromatic amines is 1. The third-order valence-electron chi connectivity index (χ3n) is 7.35. The van der Waals surface area contributed by atoms with E-state index in [2.05, 4.69) is 112 Å². The molecule has 2 heterocycles. The molecule has 0 aliphatic heterocycles. The van der Waals surface area contributed by atoms with Crippen LogP contribution in [-0.2, 0) is 0 Å². The van der Waals surface area contributed by atoms with Gasteiger partial charge in [0.15, 0.2) is 0 Å². The van der Waals surface area contributed by atoms with Crippen LogP contribution in [-0.4, -0.2) is 21.5 Å². The predicted octanol–water partition coefficient (Wildman–Crippen LogP) is 8.81. The van der Waals surface area contributed by atoms with E-state index in [1.807, 2.05) is 12.3 Å². The van der Waals surface area contributed by atoms with E-state index in [1.165, 1.54) is 33.2 Å². The van der Waals surface area contributed by atoms with Crippen molar-refractivity contribution in [2.45, 2.75) is 40.5 Å². The number of rotatable bonds is 6. The molecule has 0 aliphatic rings. The van der Waals surface area contributed by atoms with Gasteiger partial charge >= 0.3 is 0 Å². The first-order chi connectivity index (χ1) is 18.4. The number of hydrogen-bond acceptors (Lipinski definition) is 3. The van der Waals surface area contributed by atoms with Gasteiger partial charge in [-0.05, 0) is 70.6 Å². The van der Waals surface area contributed by atoms with Crippen LogP contribution in [0, 0.1) is 5.92 Å². The van der Waals surface area contributed by atoms with E-state index >= 15 is 0 Å². The summed E-state index contributed by atoms with van der Waals surface area (Å²) in [6, 6.07) is 24.3. The van der Waals surface area contributed by atoms with Gasteiger partial charge < -0.3 is 10.3 Å². The van der Waals surface area contributed by atoms with Crippen LogP contribution in [0.5, 0.6) is 0 Å². The number of aromatic nitrogens is 3. The largest absolute Gasteiger partial charge is 0.385 e. The Morgan fingerprint density at radius 1 is 0.842 bits per heavy atom. The molecule has 0 fully saturated rings. The molecule has 0 saturated heterocycles. The number of H-pyrrole nitrogens is 1. The second-order valence-electron chi connectivity index (χ2n) is 10.9. The lowest BCUT2D eigenvalue weighted by molar-refractivity contribution is 0.618. The van der Waals surface area contributed by atoms with Crippen LogP contribution >= 0.6 is 0 Å². The van der Waals surface area contributed by atoms with Crippen LogP contribution in [0.25, 0.3) is 60.3 Å². The number of fused-ring (bicyclic) bond motifs is 7. The van der Waals surface area contributed by atoms with Gasteiger partial charge in [0.05, 0.1) is 16.6 Å². The number of nitrogens with one attached hydrogen (secondary N) is 2. The maximum atomic E-state index is 4.95. The normalized spacial score (nSPS) is 12.6. The first kappa shape index (κ1) is 24.2. The fraction of sp³-hybridized carbons (Fsp3) is 0.235. The Kier molecular flexibility index (Phi) is 6.11. The van der Waals surface area contributed by atoms with Crippen molar-refractivity contribution < 1.29 is 0 Å². The van der Waals surface area contributed by atoms with E-state index in [0.29, 0.717) is 11.8 Å². The predicted molar refractivity (Wildman–Crippen MR) is 162 cm³/mol. The molecule has 0 bridgehead atoms. The van der Waals surface area contributed by atoms with Crippen LogP contribution in [0.15, 0.2) is 79.0 Å². The molecule has 0 radical (unpaired) electrons. The second kappa shape index (κ2) is 9.60. The quantitative estimate of drug-likeness (QED) is 0.226. The van der Waals surface area contributed by atoms with Crippen LogP contribution in [0.2, 0.25) is 0 Å². The summed E-state index contributed by atoms with van der Waals surface area (Å²) in [5, 5.41) is 9.46. The maximum absolute atomic E-state index is 4.95. The van der Waals surface area contributed by atoms with Gasteiger partial charge in [-0.25, -0.2) is 4.98 Å². The Morgan fingerprint density at radius 3 is 2.39 bits per heavy atom. The lowest BCUT2D eigenvalue weighted by Crippen LogP contribution is -2.18.